The van der Waals surface area contributed by atoms with Gasteiger partial charge in [0.25, 0.3) is 0 Å². The molecule has 1 rings (SSSR count). The highest BCUT2D eigenvalue weighted by molar-refractivity contribution is 6.34. The summed E-state index contributed by atoms with van der Waals surface area (Å²) in [6, 6.07) is 7.53. The molecule has 1 aromatic rings. The zero-order valence-electron chi connectivity index (χ0n) is 9.12. The SMILES string of the molecule is CNC(=O)C(=O)NCc1cccc(CN)c1. The molecule has 5 heteroatoms. The molecule has 0 aromatic heterocycles. The van der Waals surface area contributed by atoms with E-state index >= 15 is 0 Å². The molecule has 16 heavy (non-hydrogen) atoms. The topological polar surface area (TPSA) is 84.2 Å². The monoisotopic (exact) mass is 221 g/mol. The number of nitrogens with one attached hydrogen (secondary N) is 2. The van der Waals surface area contributed by atoms with Crippen LogP contribution < -0.4 is 16.4 Å². The summed E-state index contributed by atoms with van der Waals surface area (Å²) in [4.78, 5) is 22.1. The molecule has 0 unspecified atom stereocenters. The van der Waals surface area contributed by atoms with Gasteiger partial charge in [0.2, 0.25) is 0 Å². The summed E-state index contributed by atoms with van der Waals surface area (Å²) in [6.45, 7) is 0.775. The highest BCUT2D eigenvalue weighted by Gasteiger charge is 2.09. The van der Waals surface area contributed by atoms with E-state index in [1.54, 1.807) is 0 Å². The lowest BCUT2D eigenvalue weighted by molar-refractivity contribution is -0.139. The maximum Gasteiger partial charge on any atom is 0.309 e. The van der Waals surface area contributed by atoms with Crippen LogP contribution in [-0.2, 0) is 22.7 Å². The van der Waals surface area contributed by atoms with Crippen molar-refractivity contribution in [1.82, 2.24) is 10.6 Å². The number of hydrogen-bond donors (Lipinski definition) is 3. The second-order valence-electron chi connectivity index (χ2n) is 3.29. The summed E-state index contributed by atoms with van der Waals surface area (Å²) in [5.41, 5.74) is 7.40. The van der Waals surface area contributed by atoms with Crippen LogP contribution in [0.1, 0.15) is 11.1 Å². The fraction of sp³-hybridized carbons (Fsp3) is 0.273. The molecule has 0 spiro atoms. The number of likely N-dealkylation sites (N-methyl/N-ethyl adjacent to an activating group) is 1. The Balaban J connectivity index is 2.54. The normalized spacial score (nSPS) is 9.62. The predicted molar refractivity (Wildman–Crippen MR) is 60.2 cm³/mol. The van der Waals surface area contributed by atoms with Crippen molar-refractivity contribution >= 4 is 11.8 Å². The van der Waals surface area contributed by atoms with Crippen LogP contribution in [0.2, 0.25) is 0 Å². The lowest BCUT2D eigenvalue weighted by Crippen LogP contribution is -2.37. The largest absolute Gasteiger partial charge is 0.351 e. The third-order valence-electron chi connectivity index (χ3n) is 2.11. The van der Waals surface area contributed by atoms with E-state index in [0.717, 1.165) is 11.1 Å². The van der Waals surface area contributed by atoms with Gasteiger partial charge in [-0.15, -0.1) is 0 Å². The minimum Gasteiger partial charge on any atom is -0.351 e. The van der Waals surface area contributed by atoms with Crippen LogP contribution in [0.15, 0.2) is 24.3 Å². The van der Waals surface area contributed by atoms with Crippen LogP contribution in [0.4, 0.5) is 0 Å². The summed E-state index contributed by atoms with van der Waals surface area (Å²) < 4.78 is 0. The van der Waals surface area contributed by atoms with Crippen LogP contribution in [0, 0.1) is 0 Å². The van der Waals surface area contributed by atoms with Crippen molar-refractivity contribution in [1.29, 1.82) is 0 Å². The number of hydrogen-bond acceptors (Lipinski definition) is 3. The second kappa shape index (κ2) is 5.87. The molecule has 0 heterocycles. The van der Waals surface area contributed by atoms with E-state index in [9.17, 15) is 9.59 Å². The van der Waals surface area contributed by atoms with Crippen molar-refractivity contribution in [2.75, 3.05) is 7.05 Å². The third kappa shape index (κ3) is 3.36. The third-order valence-corrected chi connectivity index (χ3v) is 2.11. The lowest BCUT2D eigenvalue weighted by Gasteiger charge is -2.05. The van der Waals surface area contributed by atoms with Crippen LogP contribution in [0.3, 0.4) is 0 Å². The smallest absolute Gasteiger partial charge is 0.309 e. The first-order valence-electron chi connectivity index (χ1n) is 4.95. The first-order valence-corrected chi connectivity index (χ1v) is 4.95. The van der Waals surface area contributed by atoms with Crippen molar-refractivity contribution < 1.29 is 9.59 Å². The quantitative estimate of drug-likeness (QED) is 0.602. The van der Waals surface area contributed by atoms with Crippen molar-refractivity contribution in [2.24, 2.45) is 5.73 Å². The number of rotatable bonds is 3. The van der Waals surface area contributed by atoms with Gasteiger partial charge >= 0.3 is 11.8 Å². The summed E-state index contributed by atoms with van der Waals surface area (Å²) in [6.07, 6.45) is 0. The highest BCUT2D eigenvalue weighted by atomic mass is 16.2. The van der Waals surface area contributed by atoms with Crippen LogP contribution >= 0.6 is 0 Å². The minimum absolute atomic E-state index is 0.320. The van der Waals surface area contributed by atoms with Crippen LogP contribution in [0.25, 0.3) is 0 Å². The Hall–Kier alpha value is -1.88. The van der Waals surface area contributed by atoms with Gasteiger partial charge in [-0.2, -0.15) is 0 Å². The molecular weight excluding hydrogens is 206 g/mol. The maximum atomic E-state index is 11.2. The van der Waals surface area contributed by atoms with E-state index in [1.165, 1.54) is 7.05 Å². The molecule has 0 aliphatic heterocycles. The van der Waals surface area contributed by atoms with Gasteiger partial charge in [0.1, 0.15) is 0 Å². The Morgan fingerprint density at radius 3 is 2.56 bits per heavy atom. The minimum atomic E-state index is -0.644. The van der Waals surface area contributed by atoms with Crippen molar-refractivity contribution in [2.45, 2.75) is 13.1 Å². The van der Waals surface area contributed by atoms with Gasteiger partial charge in [-0.05, 0) is 11.1 Å². The molecule has 0 atom stereocenters. The highest BCUT2D eigenvalue weighted by Crippen LogP contribution is 2.03. The zero-order chi connectivity index (χ0) is 12.0. The molecule has 0 aliphatic rings. The average molecular weight is 221 g/mol. The van der Waals surface area contributed by atoms with E-state index in [1.807, 2.05) is 24.3 Å². The van der Waals surface area contributed by atoms with Gasteiger partial charge in [0, 0.05) is 20.1 Å². The Morgan fingerprint density at radius 2 is 1.94 bits per heavy atom. The molecule has 1 aromatic carbocycles. The first kappa shape index (κ1) is 12.2. The lowest BCUT2D eigenvalue weighted by atomic mass is 10.1. The molecule has 0 radical (unpaired) electrons. The average Bonchev–Trinajstić information content (AvgIpc) is 2.35. The van der Waals surface area contributed by atoms with Crippen molar-refractivity contribution in [3.05, 3.63) is 35.4 Å². The van der Waals surface area contributed by atoms with E-state index in [-0.39, 0.29) is 0 Å². The maximum absolute atomic E-state index is 11.2. The number of carbonyl (C=O) groups is 2. The van der Waals surface area contributed by atoms with E-state index in [0.29, 0.717) is 13.1 Å². The number of nitrogens with two attached hydrogens (primary N) is 1. The molecule has 4 N–H and O–H groups in total. The van der Waals surface area contributed by atoms with Gasteiger partial charge in [-0.25, -0.2) is 0 Å². The summed E-state index contributed by atoms with van der Waals surface area (Å²) in [5.74, 6) is -1.28. The Kier molecular flexibility index (Phi) is 4.47. The summed E-state index contributed by atoms with van der Waals surface area (Å²) >= 11 is 0. The van der Waals surface area contributed by atoms with Crippen LogP contribution in [0.5, 0.6) is 0 Å². The number of amides is 2. The summed E-state index contributed by atoms with van der Waals surface area (Å²) in [7, 11) is 1.41. The van der Waals surface area contributed by atoms with Crippen LogP contribution in [-0.4, -0.2) is 18.9 Å². The zero-order valence-corrected chi connectivity index (χ0v) is 9.12. The molecule has 0 aliphatic carbocycles. The van der Waals surface area contributed by atoms with Gasteiger partial charge in [0.05, 0.1) is 0 Å². The molecule has 5 nitrogen and oxygen atoms in total. The number of carbonyl (C=O) groups excluding carboxylic acids is 2. The first-order chi connectivity index (χ1) is 7.67. The molecule has 0 saturated heterocycles. The molecule has 0 bridgehead atoms. The fourth-order valence-corrected chi connectivity index (χ4v) is 1.24. The Bertz CT molecular complexity index is 391. The molecular formula is C11H15N3O2. The molecule has 2 amide bonds. The predicted octanol–water partition coefficient (Wildman–Crippen LogP) is -0.492. The molecule has 0 fully saturated rings. The van der Waals surface area contributed by atoms with E-state index < -0.39 is 11.8 Å². The van der Waals surface area contributed by atoms with E-state index in [2.05, 4.69) is 10.6 Å². The molecule has 86 valence electrons. The fourth-order valence-electron chi connectivity index (χ4n) is 1.24. The number of benzene rings is 1. The van der Waals surface area contributed by atoms with Gasteiger partial charge < -0.3 is 16.4 Å². The summed E-state index contributed by atoms with van der Waals surface area (Å²) in [5, 5.41) is 4.76. The van der Waals surface area contributed by atoms with Crippen molar-refractivity contribution in [3.8, 4) is 0 Å². The molecule has 0 saturated carbocycles. The second-order valence-corrected chi connectivity index (χ2v) is 3.29. The van der Waals surface area contributed by atoms with Crippen molar-refractivity contribution in [3.63, 3.8) is 0 Å². The van der Waals surface area contributed by atoms with Gasteiger partial charge in [-0.3, -0.25) is 9.59 Å². The Morgan fingerprint density at radius 1 is 1.25 bits per heavy atom. The van der Waals surface area contributed by atoms with E-state index in [4.69, 9.17) is 5.73 Å². The van der Waals surface area contributed by atoms with Gasteiger partial charge in [-0.1, -0.05) is 24.3 Å². The standard InChI is InChI=1S/C11H15N3O2/c1-13-10(15)11(16)14-7-9-4-2-3-8(5-9)6-12/h2-5H,6-7,12H2,1H3,(H,13,15)(H,14,16). The Labute approximate surface area is 94.0 Å². The van der Waals surface area contributed by atoms with Gasteiger partial charge in [0.15, 0.2) is 0 Å².